The number of nitrogens with zero attached hydrogens (tertiary/aromatic N) is 2. The van der Waals surface area contributed by atoms with Crippen molar-refractivity contribution in [2.45, 2.75) is 12.8 Å². The van der Waals surface area contributed by atoms with Crippen molar-refractivity contribution < 1.29 is 0 Å². The maximum Gasteiger partial charge on any atom is 0.160 e. The van der Waals surface area contributed by atoms with E-state index in [4.69, 9.17) is 9.97 Å². The molecule has 0 saturated carbocycles. The van der Waals surface area contributed by atoms with Crippen molar-refractivity contribution >= 4 is 37.9 Å². The summed E-state index contributed by atoms with van der Waals surface area (Å²) >= 11 is 0. The molecule has 0 amide bonds. The van der Waals surface area contributed by atoms with E-state index in [9.17, 15) is 0 Å². The van der Waals surface area contributed by atoms with Crippen molar-refractivity contribution in [1.82, 2.24) is 9.97 Å². The Kier molecular flexibility index (Phi) is 6.98. The molecule has 9 rings (SSSR count). The fourth-order valence-corrected chi connectivity index (χ4v) is 7.33. The maximum absolute atomic E-state index is 5.15. The molecule has 1 aliphatic carbocycles. The predicted molar refractivity (Wildman–Crippen MR) is 203 cm³/mol. The standard InChI is InChI=1S/C46H32N2/c1-2-13-31(14-3-1)32-15-12-16-34(29-32)45-27-28-47-46(48-45)43-24-11-10-22-40(43)36-18-5-4-17-35(36)33-25-26-42-39-21-7-6-19-37(39)38-20-8-9-23-41(38)44(42)30-33/h1-2,4-13,15-30H,3,14H2. The van der Waals surface area contributed by atoms with Gasteiger partial charge >= 0.3 is 0 Å². The zero-order valence-corrected chi connectivity index (χ0v) is 26.5. The zero-order valence-electron chi connectivity index (χ0n) is 26.5. The van der Waals surface area contributed by atoms with Gasteiger partial charge in [-0.1, -0.05) is 146 Å². The molecule has 8 aromatic rings. The summed E-state index contributed by atoms with van der Waals surface area (Å²) in [5.41, 5.74) is 10.3. The molecule has 7 aromatic carbocycles. The first-order valence-electron chi connectivity index (χ1n) is 16.6. The molecule has 1 aromatic heterocycles. The molecule has 0 spiro atoms. The first-order valence-corrected chi connectivity index (χ1v) is 16.6. The van der Waals surface area contributed by atoms with E-state index in [0.717, 1.165) is 46.6 Å². The number of rotatable bonds is 5. The summed E-state index contributed by atoms with van der Waals surface area (Å²) in [6, 6.07) is 52.4. The van der Waals surface area contributed by atoms with Crippen LogP contribution in [-0.2, 0) is 0 Å². The smallest absolute Gasteiger partial charge is 0.160 e. The normalized spacial score (nSPS) is 12.9. The molecule has 226 valence electrons. The van der Waals surface area contributed by atoms with E-state index in [2.05, 4.69) is 158 Å². The second kappa shape index (κ2) is 11.9. The van der Waals surface area contributed by atoms with Crippen LogP contribution in [0.3, 0.4) is 0 Å². The Morgan fingerprint density at radius 2 is 1.04 bits per heavy atom. The lowest BCUT2D eigenvalue weighted by Gasteiger charge is -2.16. The molecule has 2 nitrogen and oxygen atoms in total. The Morgan fingerprint density at radius 3 is 1.75 bits per heavy atom. The fourth-order valence-electron chi connectivity index (χ4n) is 7.33. The minimum atomic E-state index is 0.721. The van der Waals surface area contributed by atoms with E-state index in [1.165, 1.54) is 54.6 Å². The highest BCUT2D eigenvalue weighted by Crippen LogP contribution is 2.41. The zero-order chi connectivity index (χ0) is 31.9. The lowest BCUT2D eigenvalue weighted by molar-refractivity contribution is 1.05. The third kappa shape index (κ3) is 4.90. The Bertz CT molecular complexity index is 2540. The van der Waals surface area contributed by atoms with Crippen molar-refractivity contribution in [3.05, 3.63) is 176 Å². The molecule has 0 unspecified atom stereocenters. The van der Waals surface area contributed by atoms with Gasteiger partial charge in [-0.25, -0.2) is 9.97 Å². The van der Waals surface area contributed by atoms with Gasteiger partial charge < -0.3 is 0 Å². The van der Waals surface area contributed by atoms with Crippen molar-refractivity contribution in [3.8, 4) is 44.9 Å². The van der Waals surface area contributed by atoms with E-state index in [-0.39, 0.29) is 0 Å². The van der Waals surface area contributed by atoms with Gasteiger partial charge in [-0.05, 0) is 96.7 Å². The molecular formula is C46H32N2. The maximum atomic E-state index is 5.15. The minimum Gasteiger partial charge on any atom is -0.237 e. The van der Waals surface area contributed by atoms with Gasteiger partial charge in [0.15, 0.2) is 5.82 Å². The van der Waals surface area contributed by atoms with Crippen LogP contribution in [0, 0.1) is 0 Å². The summed E-state index contributed by atoms with van der Waals surface area (Å²) < 4.78 is 0. The minimum absolute atomic E-state index is 0.721. The predicted octanol–water partition coefficient (Wildman–Crippen LogP) is 12.3. The van der Waals surface area contributed by atoms with E-state index in [0.29, 0.717) is 0 Å². The van der Waals surface area contributed by atoms with Gasteiger partial charge in [-0.3, -0.25) is 0 Å². The number of hydrogen-bond acceptors (Lipinski definition) is 2. The molecule has 0 atom stereocenters. The third-order valence-corrected chi connectivity index (χ3v) is 9.64. The van der Waals surface area contributed by atoms with Crippen molar-refractivity contribution in [2.75, 3.05) is 0 Å². The van der Waals surface area contributed by atoms with Gasteiger partial charge in [-0.2, -0.15) is 0 Å². The number of aromatic nitrogens is 2. The molecule has 2 heteroatoms. The van der Waals surface area contributed by atoms with Crippen molar-refractivity contribution in [2.24, 2.45) is 0 Å². The number of hydrogen-bond donors (Lipinski definition) is 0. The second-order valence-electron chi connectivity index (χ2n) is 12.4. The van der Waals surface area contributed by atoms with Gasteiger partial charge in [0.2, 0.25) is 0 Å². The average Bonchev–Trinajstić information content (AvgIpc) is 3.18. The Labute approximate surface area is 280 Å². The van der Waals surface area contributed by atoms with E-state index in [1.807, 2.05) is 12.3 Å². The van der Waals surface area contributed by atoms with Gasteiger partial charge in [0.05, 0.1) is 5.69 Å². The largest absolute Gasteiger partial charge is 0.237 e. The van der Waals surface area contributed by atoms with E-state index < -0.39 is 0 Å². The van der Waals surface area contributed by atoms with Crippen LogP contribution >= 0.6 is 0 Å². The third-order valence-electron chi connectivity index (χ3n) is 9.64. The van der Waals surface area contributed by atoms with E-state index >= 15 is 0 Å². The first-order chi connectivity index (χ1) is 23.8. The molecular weight excluding hydrogens is 581 g/mol. The molecule has 1 heterocycles. The Balaban J connectivity index is 1.17. The monoisotopic (exact) mass is 612 g/mol. The summed E-state index contributed by atoms with van der Waals surface area (Å²) in [6.07, 6.45) is 10.6. The Hall–Kier alpha value is -6.12. The lowest BCUT2D eigenvalue weighted by atomic mass is 9.88. The topological polar surface area (TPSA) is 25.8 Å². The summed E-state index contributed by atoms with van der Waals surface area (Å²) in [4.78, 5) is 9.96. The quantitative estimate of drug-likeness (QED) is 0.181. The molecule has 0 N–H and O–H groups in total. The molecule has 0 bridgehead atoms. The van der Waals surface area contributed by atoms with Crippen molar-refractivity contribution in [1.29, 1.82) is 0 Å². The average molecular weight is 613 g/mol. The highest BCUT2D eigenvalue weighted by atomic mass is 14.9. The van der Waals surface area contributed by atoms with Gasteiger partial charge in [-0.15, -0.1) is 0 Å². The molecule has 0 radical (unpaired) electrons. The number of allylic oxidation sites excluding steroid dienone is 4. The lowest BCUT2D eigenvalue weighted by Crippen LogP contribution is -1.95. The van der Waals surface area contributed by atoms with Gasteiger partial charge in [0.25, 0.3) is 0 Å². The van der Waals surface area contributed by atoms with Crippen LogP contribution in [-0.4, -0.2) is 9.97 Å². The second-order valence-corrected chi connectivity index (χ2v) is 12.4. The summed E-state index contributed by atoms with van der Waals surface area (Å²) in [5, 5.41) is 7.67. The Morgan fingerprint density at radius 1 is 0.438 bits per heavy atom. The van der Waals surface area contributed by atoms with Crippen LogP contribution in [0.2, 0.25) is 0 Å². The number of fused-ring (bicyclic) bond motifs is 6. The SMILES string of the molecule is C1=CCCC(c2cccc(-c3ccnc(-c4ccccc4-c4ccccc4-c4ccc5c6ccccc6c6ccccc6c5c4)n3)c2)=C1. The summed E-state index contributed by atoms with van der Waals surface area (Å²) in [7, 11) is 0. The molecule has 0 saturated heterocycles. The first kappa shape index (κ1) is 28.1. The van der Waals surface area contributed by atoms with Crippen LogP contribution in [0.4, 0.5) is 0 Å². The van der Waals surface area contributed by atoms with Gasteiger partial charge in [0, 0.05) is 17.3 Å². The molecule has 1 aliphatic rings. The van der Waals surface area contributed by atoms with Crippen LogP contribution in [0.1, 0.15) is 18.4 Å². The molecule has 0 aliphatic heterocycles. The van der Waals surface area contributed by atoms with Crippen LogP contribution in [0.5, 0.6) is 0 Å². The van der Waals surface area contributed by atoms with Crippen LogP contribution in [0.25, 0.3) is 82.8 Å². The fraction of sp³-hybridized carbons (Fsp3) is 0.0435. The summed E-state index contributed by atoms with van der Waals surface area (Å²) in [6.45, 7) is 0. The van der Waals surface area contributed by atoms with Crippen molar-refractivity contribution in [3.63, 3.8) is 0 Å². The van der Waals surface area contributed by atoms with E-state index in [1.54, 1.807) is 0 Å². The molecule has 0 fully saturated rings. The van der Waals surface area contributed by atoms with Crippen LogP contribution < -0.4 is 0 Å². The highest BCUT2D eigenvalue weighted by Gasteiger charge is 2.16. The van der Waals surface area contributed by atoms with Gasteiger partial charge in [0.1, 0.15) is 0 Å². The number of benzene rings is 7. The highest BCUT2D eigenvalue weighted by molar-refractivity contribution is 6.25. The van der Waals surface area contributed by atoms with Crippen LogP contribution in [0.15, 0.2) is 170 Å². The molecule has 48 heavy (non-hydrogen) atoms. The summed E-state index contributed by atoms with van der Waals surface area (Å²) in [5.74, 6) is 0.721.